The van der Waals surface area contributed by atoms with Crippen LogP contribution < -0.4 is 5.73 Å². The molecule has 0 aromatic heterocycles. The molecule has 0 spiro atoms. The summed E-state index contributed by atoms with van der Waals surface area (Å²) in [5, 5.41) is 0. The van der Waals surface area contributed by atoms with Crippen molar-refractivity contribution in [3.8, 4) is 0 Å². The summed E-state index contributed by atoms with van der Waals surface area (Å²) in [6.45, 7) is 6.12. The zero-order valence-electron chi connectivity index (χ0n) is 9.01. The van der Waals surface area contributed by atoms with Gasteiger partial charge in [0.15, 0.2) is 0 Å². The highest BCUT2D eigenvalue weighted by atomic mass is 79.9. The van der Waals surface area contributed by atoms with E-state index in [0.717, 1.165) is 14.6 Å². The summed E-state index contributed by atoms with van der Waals surface area (Å²) in [5.74, 6) is 0.626. The molecule has 0 saturated heterocycles. The Kier molecular flexibility index (Phi) is 3.95. The quantitative estimate of drug-likeness (QED) is 0.605. The minimum Gasteiger partial charge on any atom is -0.387 e. The van der Waals surface area contributed by atoms with Crippen molar-refractivity contribution in [3.05, 3.63) is 27.1 Å². The molecule has 0 heterocycles. The van der Waals surface area contributed by atoms with Gasteiger partial charge in [0.05, 0.1) is 5.69 Å². The smallest absolute Gasteiger partial charge is 0.105 e. The number of hydrogen-bond acceptors (Lipinski definition) is 1. The van der Waals surface area contributed by atoms with E-state index in [9.17, 15) is 0 Å². The van der Waals surface area contributed by atoms with Crippen LogP contribution in [0.5, 0.6) is 0 Å². The van der Waals surface area contributed by atoms with Gasteiger partial charge in [-0.25, -0.2) is 4.99 Å². The van der Waals surface area contributed by atoms with Gasteiger partial charge in [-0.2, -0.15) is 0 Å². The largest absolute Gasteiger partial charge is 0.387 e. The van der Waals surface area contributed by atoms with E-state index in [1.807, 2.05) is 39.0 Å². The van der Waals surface area contributed by atoms with Crippen LogP contribution in [0.15, 0.2) is 32.1 Å². The van der Waals surface area contributed by atoms with Crippen LogP contribution >= 0.6 is 31.9 Å². The molecule has 0 amide bonds. The second kappa shape index (κ2) is 4.66. The summed E-state index contributed by atoms with van der Waals surface area (Å²) >= 11 is 6.85. The Labute approximate surface area is 107 Å². The first-order valence-electron chi connectivity index (χ1n) is 4.60. The SMILES string of the molecule is CC(C)(C)C(N)=Nc1cc(Br)ccc1Br. The van der Waals surface area contributed by atoms with Gasteiger partial charge in [-0.05, 0) is 34.1 Å². The summed E-state index contributed by atoms with van der Waals surface area (Å²) in [6, 6.07) is 5.83. The Morgan fingerprint density at radius 1 is 1.27 bits per heavy atom. The van der Waals surface area contributed by atoms with Crippen molar-refractivity contribution in [1.29, 1.82) is 0 Å². The zero-order chi connectivity index (χ0) is 11.6. The Bertz CT molecular complexity index is 392. The first kappa shape index (κ1) is 12.7. The number of amidine groups is 1. The van der Waals surface area contributed by atoms with Crippen LogP contribution in [0.4, 0.5) is 5.69 Å². The highest BCUT2D eigenvalue weighted by Gasteiger charge is 2.15. The molecule has 1 rings (SSSR count). The van der Waals surface area contributed by atoms with Crippen molar-refractivity contribution in [3.63, 3.8) is 0 Å². The molecular formula is C11H14Br2N2. The second-order valence-electron chi connectivity index (χ2n) is 4.34. The molecule has 0 bridgehead atoms. The summed E-state index contributed by atoms with van der Waals surface area (Å²) in [6.07, 6.45) is 0. The van der Waals surface area contributed by atoms with Gasteiger partial charge in [0.2, 0.25) is 0 Å². The number of rotatable bonds is 1. The normalized spacial score (nSPS) is 13.0. The predicted molar refractivity (Wildman–Crippen MR) is 72.6 cm³/mol. The lowest BCUT2D eigenvalue weighted by Crippen LogP contribution is -2.28. The monoisotopic (exact) mass is 332 g/mol. The number of halogens is 2. The Balaban J connectivity index is 3.13. The number of aliphatic imine (C=N–C) groups is 1. The van der Waals surface area contributed by atoms with Crippen molar-refractivity contribution in [2.45, 2.75) is 20.8 Å². The third-order valence-electron chi connectivity index (χ3n) is 1.92. The molecule has 4 heteroatoms. The standard InChI is InChI=1S/C11H14Br2N2/c1-11(2,3)10(14)15-9-6-7(12)4-5-8(9)13/h4-6H,1-3H3,(H2,14,15). The lowest BCUT2D eigenvalue weighted by molar-refractivity contribution is 0.585. The minimum absolute atomic E-state index is 0.109. The summed E-state index contributed by atoms with van der Waals surface area (Å²) in [5.41, 5.74) is 6.65. The van der Waals surface area contributed by atoms with E-state index in [1.165, 1.54) is 0 Å². The van der Waals surface area contributed by atoms with Crippen LogP contribution in [-0.4, -0.2) is 5.84 Å². The molecule has 0 saturated carbocycles. The van der Waals surface area contributed by atoms with Gasteiger partial charge >= 0.3 is 0 Å². The van der Waals surface area contributed by atoms with Gasteiger partial charge in [-0.15, -0.1) is 0 Å². The molecule has 2 N–H and O–H groups in total. The number of hydrogen-bond donors (Lipinski definition) is 1. The molecular weight excluding hydrogens is 320 g/mol. The number of nitrogens with two attached hydrogens (primary N) is 1. The maximum absolute atomic E-state index is 5.92. The van der Waals surface area contributed by atoms with E-state index in [1.54, 1.807) is 0 Å². The van der Waals surface area contributed by atoms with E-state index < -0.39 is 0 Å². The van der Waals surface area contributed by atoms with Crippen molar-refractivity contribution < 1.29 is 0 Å². The first-order valence-corrected chi connectivity index (χ1v) is 6.19. The lowest BCUT2D eigenvalue weighted by atomic mass is 9.95. The van der Waals surface area contributed by atoms with Crippen molar-refractivity contribution >= 4 is 43.4 Å². The maximum atomic E-state index is 5.92. The van der Waals surface area contributed by atoms with Crippen LogP contribution in [0.1, 0.15) is 20.8 Å². The van der Waals surface area contributed by atoms with Crippen LogP contribution in [0.3, 0.4) is 0 Å². The van der Waals surface area contributed by atoms with Crippen molar-refractivity contribution in [1.82, 2.24) is 0 Å². The van der Waals surface area contributed by atoms with E-state index in [4.69, 9.17) is 5.73 Å². The van der Waals surface area contributed by atoms with Crippen molar-refractivity contribution in [2.24, 2.45) is 16.1 Å². The molecule has 0 aliphatic carbocycles. The van der Waals surface area contributed by atoms with E-state index in [0.29, 0.717) is 5.84 Å². The maximum Gasteiger partial charge on any atom is 0.105 e. The highest BCUT2D eigenvalue weighted by molar-refractivity contribution is 9.11. The lowest BCUT2D eigenvalue weighted by Gasteiger charge is -2.17. The molecule has 0 atom stereocenters. The molecule has 0 fully saturated rings. The average Bonchev–Trinajstić information content (AvgIpc) is 2.09. The summed E-state index contributed by atoms with van der Waals surface area (Å²) in [4.78, 5) is 4.41. The molecule has 15 heavy (non-hydrogen) atoms. The fraction of sp³-hybridized carbons (Fsp3) is 0.364. The fourth-order valence-electron chi connectivity index (χ4n) is 0.869. The molecule has 1 aromatic carbocycles. The van der Waals surface area contributed by atoms with Crippen LogP contribution in [0, 0.1) is 5.41 Å². The van der Waals surface area contributed by atoms with Gasteiger partial charge in [0.25, 0.3) is 0 Å². The highest BCUT2D eigenvalue weighted by Crippen LogP contribution is 2.30. The van der Waals surface area contributed by atoms with E-state index >= 15 is 0 Å². The van der Waals surface area contributed by atoms with Crippen LogP contribution in [-0.2, 0) is 0 Å². The van der Waals surface area contributed by atoms with Gasteiger partial charge < -0.3 is 5.73 Å². The zero-order valence-corrected chi connectivity index (χ0v) is 12.2. The molecule has 82 valence electrons. The van der Waals surface area contributed by atoms with E-state index in [2.05, 4.69) is 36.9 Å². The molecule has 0 unspecified atom stereocenters. The Hall–Kier alpha value is -0.350. The molecule has 0 aliphatic heterocycles. The van der Waals surface area contributed by atoms with Gasteiger partial charge in [-0.1, -0.05) is 36.7 Å². The molecule has 2 nitrogen and oxygen atoms in total. The summed E-state index contributed by atoms with van der Waals surface area (Å²) < 4.78 is 1.93. The number of nitrogens with zero attached hydrogens (tertiary/aromatic N) is 1. The summed E-state index contributed by atoms with van der Waals surface area (Å²) in [7, 11) is 0. The van der Waals surface area contributed by atoms with Crippen molar-refractivity contribution in [2.75, 3.05) is 0 Å². The van der Waals surface area contributed by atoms with Gasteiger partial charge in [0.1, 0.15) is 5.84 Å². The van der Waals surface area contributed by atoms with Gasteiger partial charge in [-0.3, -0.25) is 0 Å². The number of benzene rings is 1. The van der Waals surface area contributed by atoms with Crippen LogP contribution in [0.2, 0.25) is 0 Å². The van der Waals surface area contributed by atoms with Gasteiger partial charge in [0, 0.05) is 14.4 Å². The minimum atomic E-state index is -0.109. The third kappa shape index (κ3) is 3.61. The second-order valence-corrected chi connectivity index (χ2v) is 6.11. The topological polar surface area (TPSA) is 38.4 Å². The predicted octanol–water partition coefficient (Wildman–Crippen LogP) is 4.25. The fourth-order valence-corrected chi connectivity index (χ4v) is 1.55. The molecule has 0 radical (unpaired) electrons. The Morgan fingerprint density at radius 3 is 2.40 bits per heavy atom. The third-order valence-corrected chi connectivity index (χ3v) is 3.08. The first-order chi connectivity index (χ1) is 6.80. The van der Waals surface area contributed by atoms with Crippen LogP contribution in [0.25, 0.3) is 0 Å². The average molecular weight is 334 g/mol. The van der Waals surface area contributed by atoms with E-state index in [-0.39, 0.29) is 5.41 Å². The molecule has 0 aliphatic rings. The Morgan fingerprint density at radius 2 is 1.87 bits per heavy atom. The molecule has 1 aromatic rings.